The molecule has 1 aromatic heterocycles. The van der Waals surface area contributed by atoms with Crippen LogP contribution in [0.1, 0.15) is 10.4 Å². The molecule has 0 aliphatic rings. The van der Waals surface area contributed by atoms with Crippen molar-refractivity contribution in [3.05, 3.63) is 16.1 Å². The van der Waals surface area contributed by atoms with Gasteiger partial charge in [-0.1, -0.05) is 0 Å². The van der Waals surface area contributed by atoms with E-state index in [9.17, 15) is 4.79 Å². The molecule has 1 rings (SSSR count). The molecule has 0 fully saturated rings. The fourth-order valence-electron chi connectivity index (χ4n) is 0.816. The van der Waals surface area contributed by atoms with E-state index in [2.05, 4.69) is 20.9 Å². The molecule has 0 aliphatic heterocycles. The highest BCUT2D eigenvalue weighted by atomic mass is 79.9. The highest BCUT2D eigenvalue weighted by molar-refractivity contribution is 9.10. The molecule has 0 amide bonds. The van der Waals surface area contributed by atoms with Crippen molar-refractivity contribution in [2.75, 3.05) is 12.8 Å². The number of carboxylic acid groups (broad SMARTS) is 1. The Morgan fingerprint density at radius 1 is 1.77 bits per heavy atom. The first-order valence-electron chi connectivity index (χ1n) is 3.29. The highest BCUT2D eigenvalue weighted by Crippen LogP contribution is 2.27. The van der Waals surface area contributed by atoms with Crippen molar-refractivity contribution >= 4 is 27.7 Å². The Balaban J connectivity index is 3.35. The van der Waals surface area contributed by atoms with Crippen molar-refractivity contribution < 1.29 is 14.6 Å². The third-order valence-electron chi connectivity index (χ3n) is 1.37. The van der Waals surface area contributed by atoms with Gasteiger partial charge in [-0.3, -0.25) is 0 Å². The quantitative estimate of drug-likeness (QED) is 0.818. The molecule has 6 heteroatoms. The molecule has 0 spiro atoms. The van der Waals surface area contributed by atoms with E-state index in [4.69, 9.17) is 15.6 Å². The number of hydrogen-bond donors (Lipinski definition) is 2. The minimum absolute atomic E-state index is 0.0318. The normalized spacial score (nSPS) is 9.69. The summed E-state index contributed by atoms with van der Waals surface area (Å²) in [5, 5.41) is 8.74. The van der Waals surface area contributed by atoms with E-state index in [-0.39, 0.29) is 21.7 Å². The van der Waals surface area contributed by atoms with Gasteiger partial charge in [0.15, 0.2) is 0 Å². The monoisotopic (exact) mass is 246 g/mol. The number of anilines is 1. The van der Waals surface area contributed by atoms with Gasteiger partial charge >= 0.3 is 5.97 Å². The van der Waals surface area contributed by atoms with Crippen LogP contribution in [0.25, 0.3) is 0 Å². The fourth-order valence-corrected chi connectivity index (χ4v) is 1.35. The van der Waals surface area contributed by atoms with Crippen LogP contribution in [-0.4, -0.2) is 23.2 Å². The molecular formula is C7H7BrN2O3. The first-order valence-corrected chi connectivity index (χ1v) is 4.09. The Morgan fingerprint density at radius 3 is 2.85 bits per heavy atom. The third-order valence-corrected chi connectivity index (χ3v) is 2.14. The van der Waals surface area contributed by atoms with Gasteiger partial charge in [0.05, 0.1) is 17.1 Å². The van der Waals surface area contributed by atoms with Crippen molar-refractivity contribution in [3.8, 4) is 5.88 Å². The number of nitrogens with zero attached hydrogens (tertiary/aromatic N) is 1. The van der Waals surface area contributed by atoms with Crippen molar-refractivity contribution in [1.29, 1.82) is 0 Å². The van der Waals surface area contributed by atoms with Gasteiger partial charge in [0.25, 0.3) is 0 Å². The van der Waals surface area contributed by atoms with E-state index in [1.54, 1.807) is 0 Å². The van der Waals surface area contributed by atoms with Crippen LogP contribution in [-0.2, 0) is 0 Å². The van der Waals surface area contributed by atoms with Crippen LogP contribution in [0.3, 0.4) is 0 Å². The van der Waals surface area contributed by atoms with E-state index < -0.39 is 5.97 Å². The van der Waals surface area contributed by atoms with Crippen LogP contribution < -0.4 is 10.5 Å². The zero-order valence-electron chi connectivity index (χ0n) is 6.74. The largest absolute Gasteiger partial charge is 0.480 e. The van der Waals surface area contributed by atoms with E-state index in [1.807, 2.05) is 0 Å². The number of pyridine rings is 1. The minimum atomic E-state index is -1.08. The second-order valence-electron chi connectivity index (χ2n) is 2.22. The molecule has 0 saturated carbocycles. The van der Waals surface area contributed by atoms with Gasteiger partial charge in [0, 0.05) is 0 Å². The van der Waals surface area contributed by atoms with Gasteiger partial charge in [-0.2, -0.15) is 4.98 Å². The van der Waals surface area contributed by atoms with Gasteiger partial charge in [-0.05, 0) is 22.0 Å². The summed E-state index contributed by atoms with van der Waals surface area (Å²) in [7, 11) is 1.39. The molecule has 0 aromatic carbocycles. The Bertz CT molecular complexity index is 354. The smallest absolute Gasteiger partial charge is 0.337 e. The van der Waals surface area contributed by atoms with Crippen LogP contribution in [0.4, 0.5) is 5.82 Å². The first kappa shape index (κ1) is 9.79. The summed E-state index contributed by atoms with van der Waals surface area (Å²) in [6, 6.07) is 1.26. The molecule has 70 valence electrons. The van der Waals surface area contributed by atoms with Crippen molar-refractivity contribution in [1.82, 2.24) is 4.98 Å². The van der Waals surface area contributed by atoms with Gasteiger partial charge < -0.3 is 15.6 Å². The number of methoxy groups -OCH3 is 1. The SMILES string of the molecule is COc1nc(N)cc(C(=O)O)c1Br. The summed E-state index contributed by atoms with van der Waals surface area (Å²) in [5.41, 5.74) is 5.40. The van der Waals surface area contributed by atoms with Crippen LogP contribution in [0.5, 0.6) is 5.88 Å². The predicted octanol–water partition coefficient (Wildman–Crippen LogP) is 1.13. The van der Waals surface area contributed by atoms with Crippen molar-refractivity contribution in [3.63, 3.8) is 0 Å². The Morgan fingerprint density at radius 2 is 2.38 bits per heavy atom. The molecule has 0 atom stereocenters. The lowest BCUT2D eigenvalue weighted by Gasteiger charge is -2.05. The number of nitrogens with two attached hydrogens (primary N) is 1. The Kier molecular flexibility index (Phi) is 2.72. The number of halogens is 1. The van der Waals surface area contributed by atoms with Gasteiger partial charge in [0.1, 0.15) is 5.82 Å². The standard InChI is InChI=1S/C7H7BrN2O3/c1-13-6-5(8)3(7(11)12)2-4(9)10-6/h2H,1H3,(H2,9,10)(H,11,12). The van der Waals surface area contributed by atoms with Crippen LogP contribution >= 0.6 is 15.9 Å². The van der Waals surface area contributed by atoms with Crippen molar-refractivity contribution in [2.45, 2.75) is 0 Å². The molecular weight excluding hydrogens is 240 g/mol. The minimum Gasteiger partial charge on any atom is -0.480 e. The molecule has 3 N–H and O–H groups in total. The van der Waals surface area contributed by atoms with Gasteiger partial charge in [-0.25, -0.2) is 4.79 Å². The summed E-state index contributed by atoms with van der Waals surface area (Å²) in [5.74, 6) is -0.811. The van der Waals surface area contributed by atoms with Crippen molar-refractivity contribution in [2.24, 2.45) is 0 Å². The van der Waals surface area contributed by atoms with E-state index in [1.165, 1.54) is 13.2 Å². The lowest BCUT2D eigenvalue weighted by Crippen LogP contribution is -2.03. The number of rotatable bonds is 2. The van der Waals surface area contributed by atoms with Crippen LogP contribution in [0, 0.1) is 0 Å². The second-order valence-corrected chi connectivity index (χ2v) is 3.02. The molecule has 0 unspecified atom stereocenters. The van der Waals surface area contributed by atoms with E-state index in [0.29, 0.717) is 0 Å². The lowest BCUT2D eigenvalue weighted by atomic mass is 10.2. The molecule has 0 bridgehead atoms. The van der Waals surface area contributed by atoms with Crippen LogP contribution in [0.15, 0.2) is 10.5 Å². The number of carboxylic acids is 1. The molecule has 0 radical (unpaired) electrons. The number of aromatic nitrogens is 1. The fraction of sp³-hybridized carbons (Fsp3) is 0.143. The zero-order valence-corrected chi connectivity index (χ0v) is 8.33. The maximum absolute atomic E-state index is 10.7. The number of carbonyl (C=O) groups is 1. The molecule has 1 aromatic rings. The molecule has 1 heterocycles. The number of aromatic carboxylic acids is 1. The predicted molar refractivity (Wildman–Crippen MR) is 49.9 cm³/mol. The lowest BCUT2D eigenvalue weighted by molar-refractivity contribution is 0.0695. The molecule has 5 nitrogen and oxygen atoms in total. The molecule has 13 heavy (non-hydrogen) atoms. The Labute approximate surface area is 82.7 Å². The maximum atomic E-state index is 10.7. The highest BCUT2D eigenvalue weighted by Gasteiger charge is 2.14. The zero-order chi connectivity index (χ0) is 10.0. The molecule has 0 saturated heterocycles. The summed E-state index contributed by atoms with van der Waals surface area (Å²) in [4.78, 5) is 14.5. The summed E-state index contributed by atoms with van der Waals surface area (Å²) >= 11 is 3.05. The van der Waals surface area contributed by atoms with Crippen LogP contribution in [0.2, 0.25) is 0 Å². The first-order chi connectivity index (χ1) is 6.06. The van der Waals surface area contributed by atoms with Gasteiger partial charge in [0.2, 0.25) is 5.88 Å². The third kappa shape index (κ3) is 1.89. The topological polar surface area (TPSA) is 85.4 Å². The maximum Gasteiger partial charge on any atom is 0.337 e. The summed E-state index contributed by atoms with van der Waals surface area (Å²) < 4.78 is 5.10. The number of hydrogen-bond acceptors (Lipinski definition) is 4. The van der Waals surface area contributed by atoms with E-state index in [0.717, 1.165) is 0 Å². The number of nitrogen functional groups attached to an aromatic ring is 1. The number of ether oxygens (including phenoxy) is 1. The second kappa shape index (κ2) is 3.61. The van der Waals surface area contributed by atoms with E-state index >= 15 is 0 Å². The average molecular weight is 247 g/mol. The Hall–Kier alpha value is -1.30. The van der Waals surface area contributed by atoms with Gasteiger partial charge in [-0.15, -0.1) is 0 Å². The summed E-state index contributed by atoms with van der Waals surface area (Å²) in [6.45, 7) is 0. The summed E-state index contributed by atoms with van der Waals surface area (Å²) in [6.07, 6.45) is 0. The average Bonchev–Trinajstić information content (AvgIpc) is 2.08. The molecule has 0 aliphatic carbocycles.